The van der Waals surface area contributed by atoms with Crippen LogP contribution in [0.1, 0.15) is 25.5 Å². The zero-order chi connectivity index (χ0) is 12.4. The first-order valence-corrected chi connectivity index (χ1v) is 5.77. The summed E-state index contributed by atoms with van der Waals surface area (Å²) in [5.41, 5.74) is 6.77. The minimum absolute atomic E-state index is 0.128. The van der Waals surface area contributed by atoms with Crippen LogP contribution in [0.25, 0.3) is 0 Å². The third-order valence-electron chi connectivity index (χ3n) is 2.93. The molecule has 2 rings (SSSR count). The number of aromatic amines is 1. The van der Waals surface area contributed by atoms with Gasteiger partial charge in [-0.2, -0.15) is 5.10 Å². The van der Waals surface area contributed by atoms with Crippen molar-refractivity contribution in [3.8, 4) is 0 Å². The molecule has 1 aromatic heterocycles. The van der Waals surface area contributed by atoms with Crippen molar-refractivity contribution in [1.82, 2.24) is 10.2 Å². The van der Waals surface area contributed by atoms with Crippen LogP contribution in [0.2, 0.25) is 0 Å². The third kappa shape index (κ3) is 2.65. The lowest BCUT2D eigenvalue weighted by atomic mass is 10.0. The SMILES string of the molecule is CC(C)c1cc(NC(=O)C2COCC2N)n[nH]1. The summed E-state index contributed by atoms with van der Waals surface area (Å²) >= 11 is 0. The molecule has 0 radical (unpaired) electrons. The molecule has 1 saturated heterocycles. The molecule has 17 heavy (non-hydrogen) atoms. The molecule has 0 bridgehead atoms. The highest BCUT2D eigenvalue weighted by molar-refractivity contribution is 5.92. The first-order valence-electron chi connectivity index (χ1n) is 5.77. The highest BCUT2D eigenvalue weighted by Crippen LogP contribution is 2.17. The summed E-state index contributed by atoms with van der Waals surface area (Å²) in [6.07, 6.45) is 0. The Morgan fingerprint density at radius 3 is 2.94 bits per heavy atom. The van der Waals surface area contributed by atoms with E-state index in [1.807, 2.05) is 6.07 Å². The van der Waals surface area contributed by atoms with Gasteiger partial charge < -0.3 is 15.8 Å². The zero-order valence-corrected chi connectivity index (χ0v) is 10.1. The van der Waals surface area contributed by atoms with E-state index in [2.05, 4.69) is 29.4 Å². The van der Waals surface area contributed by atoms with E-state index in [1.54, 1.807) is 0 Å². The number of hydrogen-bond donors (Lipinski definition) is 3. The molecule has 94 valence electrons. The van der Waals surface area contributed by atoms with Crippen LogP contribution in [-0.2, 0) is 9.53 Å². The molecule has 2 atom stereocenters. The van der Waals surface area contributed by atoms with Crippen molar-refractivity contribution in [3.05, 3.63) is 11.8 Å². The van der Waals surface area contributed by atoms with E-state index in [4.69, 9.17) is 10.5 Å². The largest absolute Gasteiger partial charge is 0.379 e. The van der Waals surface area contributed by atoms with Gasteiger partial charge in [0.2, 0.25) is 5.91 Å². The summed E-state index contributed by atoms with van der Waals surface area (Å²) in [5, 5.41) is 9.67. The Balaban J connectivity index is 1.97. The molecular weight excluding hydrogens is 220 g/mol. The number of amides is 1. The summed E-state index contributed by atoms with van der Waals surface area (Å²) in [4.78, 5) is 11.9. The zero-order valence-electron chi connectivity index (χ0n) is 10.1. The maximum atomic E-state index is 11.9. The van der Waals surface area contributed by atoms with Gasteiger partial charge in [-0.3, -0.25) is 9.89 Å². The lowest BCUT2D eigenvalue weighted by Crippen LogP contribution is -2.37. The number of H-pyrrole nitrogens is 1. The van der Waals surface area contributed by atoms with Crippen LogP contribution in [0.4, 0.5) is 5.82 Å². The predicted octanol–water partition coefficient (Wildman–Crippen LogP) is 0.445. The second-order valence-corrected chi connectivity index (χ2v) is 4.66. The number of rotatable bonds is 3. The van der Waals surface area contributed by atoms with Crippen LogP contribution in [-0.4, -0.2) is 35.4 Å². The number of nitrogens with two attached hydrogens (primary N) is 1. The molecule has 6 nitrogen and oxygen atoms in total. The van der Waals surface area contributed by atoms with Crippen LogP contribution in [0, 0.1) is 5.92 Å². The fraction of sp³-hybridized carbons (Fsp3) is 0.636. The molecule has 0 aromatic carbocycles. The predicted molar refractivity (Wildman–Crippen MR) is 63.6 cm³/mol. The van der Waals surface area contributed by atoms with Gasteiger partial charge in [-0.15, -0.1) is 0 Å². The Kier molecular flexibility index (Phi) is 3.44. The number of anilines is 1. The molecule has 1 fully saturated rings. The number of nitrogens with zero attached hydrogens (tertiary/aromatic N) is 1. The second-order valence-electron chi connectivity index (χ2n) is 4.66. The molecule has 1 aromatic rings. The lowest BCUT2D eigenvalue weighted by molar-refractivity contribution is -0.120. The number of ether oxygens (including phenoxy) is 1. The summed E-state index contributed by atoms with van der Waals surface area (Å²) in [5.74, 6) is 0.481. The van der Waals surface area contributed by atoms with Gasteiger partial charge in [0, 0.05) is 17.8 Å². The highest BCUT2D eigenvalue weighted by atomic mass is 16.5. The van der Waals surface area contributed by atoms with Gasteiger partial charge in [-0.05, 0) is 5.92 Å². The Morgan fingerprint density at radius 1 is 1.65 bits per heavy atom. The number of nitrogens with one attached hydrogen (secondary N) is 2. The van der Waals surface area contributed by atoms with Gasteiger partial charge in [0.15, 0.2) is 5.82 Å². The van der Waals surface area contributed by atoms with Crippen molar-refractivity contribution in [1.29, 1.82) is 0 Å². The fourth-order valence-electron chi connectivity index (χ4n) is 1.76. The van der Waals surface area contributed by atoms with E-state index in [-0.39, 0.29) is 17.9 Å². The lowest BCUT2D eigenvalue weighted by Gasteiger charge is -2.11. The minimum Gasteiger partial charge on any atom is -0.379 e. The van der Waals surface area contributed by atoms with E-state index in [9.17, 15) is 4.79 Å². The van der Waals surface area contributed by atoms with Crippen molar-refractivity contribution in [3.63, 3.8) is 0 Å². The van der Waals surface area contributed by atoms with Crippen LogP contribution in [0.5, 0.6) is 0 Å². The first kappa shape index (κ1) is 12.1. The van der Waals surface area contributed by atoms with Crippen LogP contribution in [0.15, 0.2) is 6.07 Å². The molecule has 0 saturated carbocycles. The van der Waals surface area contributed by atoms with Crippen molar-refractivity contribution >= 4 is 11.7 Å². The summed E-state index contributed by atoms with van der Waals surface area (Å²) in [6, 6.07) is 1.61. The maximum Gasteiger partial charge on any atom is 0.232 e. The Hall–Kier alpha value is -1.40. The monoisotopic (exact) mass is 238 g/mol. The summed E-state index contributed by atoms with van der Waals surface area (Å²) in [7, 11) is 0. The van der Waals surface area contributed by atoms with Crippen LogP contribution >= 0.6 is 0 Å². The van der Waals surface area contributed by atoms with Crippen molar-refractivity contribution < 1.29 is 9.53 Å². The van der Waals surface area contributed by atoms with Crippen molar-refractivity contribution in [2.24, 2.45) is 11.7 Å². The molecule has 4 N–H and O–H groups in total. The molecule has 0 spiro atoms. The Bertz CT molecular complexity index is 402. The van der Waals surface area contributed by atoms with Gasteiger partial charge in [-0.25, -0.2) is 0 Å². The normalized spacial score (nSPS) is 24.2. The van der Waals surface area contributed by atoms with Gasteiger partial charge in [-0.1, -0.05) is 13.8 Å². The average molecular weight is 238 g/mol. The summed E-state index contributed by atoms with van der Waals surface area (Å²) < 4.78 is 5.16. The fourth-order valence-corrected chi connectivity index (χ4v) is 1.76. The Labute approximate surface area is 99.9 Å². The number of carbonyl (C=O) groups is 1. The summed E-state index contributed by atoms with van der Waals surface area (Å²) in [6.45, 7) is 4.93. The molecule has 6 heteroatoms. The molecule has 2 unspecified atom stereocenters. The molecule has 0 aliphatic carbocycles. The molecular formula is C11H18N4O2. The van der Waals surface area contributed by atoms with E-state index in [0.29, 0.717) is 24.9 Å². The standard InChI is InChI=1S/C11H18N4O2/c1-6(2)9-3-10(15-14-9)13-11(16)7-4-17-5-8(7)12/h3,6-8H,4-5,12H2,1-2H3,(H2,13,14,15,16). The van der Waals surface area contributed by atoms with Gasteiger partial charge in [0.05, 0.1) is 19.1 Å². The first-order chi connectivity index (χ1) is 8.08. The second kappa shape index (κ2) is 4.85. The van der Waals surface area contributed by atoms with Crippen molar-refractivity contribution in [2.45, 2.75) is 25.8 Å². The Morgan fingerprint density at radius 2 is 2.41 bits per heavy atom. The smallest absolute Gasteiger partial charge is 0.232 e. The molecule has 1 amide bonds. The number of hydrogen-bond acceptors (Lipinski definition) is 4. The molecule has 1 aliphatic heterocycles. The van der Waals surface area contributed by atoms with E-state index in [1.165, 1.54) is 0 Å². The minimum atomic E-state index is -0.283. The van der Waals surface area contributed by atoms with E-state index >= 15 is 0 Å². The van der Waals surface area contributed by atoms with E-state index in [0.717, 1.165) is 5.69 Å². The highest BCUT2D eigenvalue weighted by Gasteiger charge is 2.31. The van der Waals surface area contributed by atoms with Crippen LogP contribution in [0.3, 0.4) is 0 Å². The number of aromatic nitrogens is 2. The average Bonchev–Trinajstić information content (AvgIpc) is 2.86. The van der Waals surface area contributed by atoms with Crippen LogP contribution < -0.4 is 11.1 Å². The molecule has 2 heterocycles. The van der Waals surface area contributed by atoms with Gasteiger partial charge in [0.25, 0.3) is 0 Å². The number of carbonyl (C=O) groups excluding carboxylic acids is 1. The topological polar surface area (TPSA) is 93.0 Å². The maximum absolute atomic E-state index is 11.9. The quantitative estimate of drug-likeness (QED) is 0.712. The van der Waals surface area contributed by atoms with E-state index < -0.39 is 0 Å². The van der Waals surface area contributed by atoms with Gasteiger partial charge >= 0.3 is 0 Å². The third-order valence-corrected chi connectivity index (χ3v) is 2.93. The molecule has 1 aliphatic rings. The van der Waals surface area contributed by atoms with Crippen molar-refractivity contribution in [2.75, 3.05) is 18.5 Å². The van der Waals surface area contributed by atoms with Gasteiger partial charge in [0.1, 0.15) is 0 Å².